The molecule has 2 heterocycles. The summed E-state index contributed by atoms with van der Waals surface area (Å²) in [7, 11) is 0. The van der Waals surface area contributed by atoms with Crippen LogP contribution in [0.15, 0.2) is 54.6 Å². The standard InChI is InChI=1S/C24H29N3O4/c28-23(25-21-10-8-19(9-11-21)17-26-13-15-30-16-14-26)22-7-4-12-27(22)24(29)31-18-20-5-2-1-3-6-20/h1-3,5-6,8-11,22H,4,7,12-18H2,(H,25,28)/t22-/m0/s1. The first kappa shape index (κ1) is 21.3. The van der Waals surface area contributed by atoms with Crippen LogP contribution in [0.3, 0.4) is 0 Å². The third-order valence-corrected chi connectivity index (χ3v) is 5.73. The van der Waals surface area contributed by atoms with Gasteiger partial charge >= 0.3 is 6.09 Å². The number of hydrogen-bond acceptors (Lipinski definition) is 5. The number of nitrogens with one attached hydrogen (secondary N) is 1. The number of anilines is 1. The molecule has 0 unspecified atom stereocenters. The van der Waals surface area contributed by atoms with Gasteiger partial charge in [0.25, 0.3) is 0 Å². The Morgan fingerprint density at radius 3 is 2.45 bits per heavy atom. The molecule has 0 aromatic heterocycles. The Morgan fingerprint density at radius 2 is 1.71 bits per heavy atom. The number of carbonyl (C=O) groups is 2. The lowest BCUT2D eigenvalue weighted by molar-refractivity contribution is -0.120. The Morgan fingerprint density at radius 1 is 0.968 bits per heavy atom. The van der Waals surface area contributed by atoms with Crippen molar-refractivity contribution in [2.75, 3.05) is 38.2 Å². The second-order valence-corrected chi connectivity index (χ2v) is 7.97. The summed E-state index contributed by atoms with van der Waals surface area (Å²) in [6, 6.07) is 16.9. The quantitative estimate of drug-likeness (QED) is 0.772. The van der Waals surface area contributed by atoms with Gasteiger partial charge in [-0.15, -0.1) is 0 Å². The van der Waals surface area contributed by atoms with Crippen molar-refractivity contribution in [2.45, 2.75) is 32.0 Å². The molecule has 1 N–H and O–H groups in total. The molecule has 7 heteroatoms. The maximum atomic E-state index is 12.8. The predicted octanol–water partition coefficient (Wildman–Crippen LogP) is 3.26. The van der Waals surface area contributed by atoms with Crippen LogP contribution in [-0.4, -0.2) is 60.7 Å². The predicted molar refractivity (Wildman–Crippen MR) is 118 cm³/mol. The molecule has 2 saturated heterocycles. The summed E-state index contributed by atoms with van der Waals surface area (Å²) in [6.45, 7) is 5.05. The SMILES string of the molecule is O=C(Nc1ccc(CN2CCOCC2)cc1)[C@@H]1CCCN1C(=O)OCc1ccccc1. The molecule has 0 radical (unpaired) electrons. The number of nitrogens with zero attached hydrogens (tertiary/aromatic N) is 2. The lowest BCUT2D eigenvalue weighted by atomic mass is 10.1. The van der Waals surface area contributed by atoms with Crippen molar-refractivity contribution in [3.05, 3.63) is 65.7 Å². The summed E-state index contributed by atoms with van der Waals surface area (Å²) in [4.78, 5) is 29.2. The molecule has 2 fully saturated rings. The van der Waals surface area contributed by atoms with Crippen LogP contribution in [0.25, 0.3) is 0 Å². The van der Waals surface area contributed by atoms with Crippen molar-refractivity contribution in [2.24, 2.45) is 0 Å². The molecule has 164 valence electrons. The molecular weight excluding hydrogens is 394 g/mol. The normalized spacial score (nSPS) is 19.2. The van der Waals surface area contributed by atoms with Crippen molar-refractivity contribution in [1.82, 2.24) is 9.80 Å². The van der Waals surface area contributed by atoms with E-state index in [1.165, 1.54) is 10.5 Å². The zero-order valence-corrected chi connectivity index (χ0v) is 17.7. The third kappa shape index (κ3) is 5.83. The van der Waals surface area contributed by atoms with E-state index in [0.717, 1.165) is 50.5 Å². The first-order chi connectivity index (χ1) is 15.2. The molecule has 2 amide bonds. The Balaban J connectivity index is 1.29. The molecule has 4 rings (SSSR count). The fourth-order valence-corrected chi connectivity index (χ4v) is 4.00. The minimum Gasteiger partial charge on any atom is -0.445 e. The molecule has 2 aromatic rings. The van der Waals surface area contributed by atoms with E-state index in [0.29, 0.717) is 13.0 Å². The molecule has 0 spiro atoms. The van der Waals surface area contributed by atoms with Gasteiger partial charge < -0.3 is 14.8 Å². The van der Waals surface area contributed by atoms with Crippen LogP contribution in [0.2, 0.25) is 0 Å². The highest BCUT2D eigenvalue weighted by molar-refractivity contribution is 5.96. The van der Waals surface area contributed by atoms with Crippen LogP contribution in [-0.2, 0) is 27.4 Å². The maximum Gasteiger partial charge on any atom is 0.410 e. The molecular formula is C24H29N3O4. The Bertz CT molecular complexity index is 866. The number of amides is 2. The van der Waals surface area contributed by atoms with Crippen LogP contribution in [0.4, 0.5) is 10.5 Å². The molecule has 2 aromatic carbocycles. The van der Waals surface area contributed by atoms with Crippen LogP contribution in [0.1, 0.15) is 24.0 Å². The Hall–Kier alpha value is -2.90. The zero-order chi connectivity index (χ0) is 21.5. The van der Waals surface area contributed by atoms with E-state index < -0.39 is 12.1 Å². The summed E-state index contributed by atoms with van der Waals surface area (Å²) in [6.07, 6.45) is 0.987. The highest BCUT2D eigenvalue weighted by Crippen LogP contribution is 2.21. The number of likely N-dealkylation sites (tertiary alicyclic amines) is 1. The third-order valence-electron chi connectivity index (χ3n) is 5.73. The van der Waals surface area contributed by atoms with E-state index in [4.69, 9.17) is 9.47 Å². The van der Waals surface area contributed by atoms with Gasteiger partial charge in [0.05, 0.1) is 13.2 Å². The lowest BCUT2D eigenvalue weighted by Crippen LogP contribution is -2.43. The van der Waals surface area contributed by atoms with E-state index >= 15 is 0 Å². The fraction of sp³-hybridized carbons (Fsp3) is 0.417. The van der Waals surface area contributed by atoms with Crippen molar-refractivity contribution >= 4 is 17.7 Å². The van der Waals surface area contributed by atoms with E-state index in [1.54, 1.807) is 0 Å². The minimum absolute atomic E-state index is 0.171. The summed E-state index contributed by atoms with van der Waals surface area (Å²) < 4.78 is 10.8. The van der Waals surface area contributed by atoms with Gasteiger partial charge in [-0.2, -0.15) is 0 Å². The molecule has 2 aliphatic heterocycles. The zero-order valence-electron chi connectivity index (χ0n) is 17.7. The fourth-order valence-electron chi connectivity index (χ4n) is 4.00. The van der Waals surface area contributed by atoms with Crippen LogP contribution in [0.5, 0.6) is 0 Å². The largest absolute Gasteiger partial charge is 0.445 e. The Labute approximate surface area is 182 Å². The van der Waals surface area contributed by atoms with Gasteiger partial charge in [0.2, 0.25) is 5.91 Å². The van der Waals surface area contributed by atoms with Gasteiger partial charge in [-0.25, -0.2) is 4.79 Å². The molecule has 0 bridgehead atoms. The van der Waals surface area contributed by atoms with Crippen LogP contribution >= 0.6 is 0 Å². The van der Waals surface area contributed by atoms with E-state index in [2.05, 4.69) is 10.2 Å². The van der Waals surface area contributed by atoms with Crippen molar-refractivity contribution in [1.29, 1.82) is 0 Å². The summed E-state index contributed by atoms with van der Waals surface area (Å²) in [5.74, 6) is -0.171. The van der Waals surface area contributed by atoms with Crippen molar-refractivity contribution < 1.29 is 19.1 Å². The van der Waals surface area contributed by atoms with Gasteiger partial charge in [-0.3, -0.25) is 14.6 Å². The van der Waals surface area contributed by atoms with Gasteiger partial charge in [0, 0.05) is 31.9 Å². The van der Waals surface area contributed by atoms with E-state index in [1.807, 2.05) is 54.6 Å². The molecule has 2 aliphatic rings. The number of ether oxygens (including phenoxy) is 2. The maximum absolute atomic E-state index is 12.8. The molecule has 1 atom stereocenters. The average Bonchev–Trinajstić information content (AvgIpc) is 3.31. The number of hydrogen-bond donors (Lipinski definition) is 1. The molecule has 0 aliphatic carbocycles. The highest BCUT2D eigenvalue weighted by Gasteiger charge is 2.35. The summed E-state index contributed by atoms with van der Waals surface area (Å²) in [5, 5.41) is 2.95. The molecule has 7 nitrogen and oxygen atoms in total. The number of carbonyl (C=O) groups excluding carboxylic acids is 2. The second kappa shape index (κ2) is 10.4. The second-order valence-electron chi connectivity index (χ2n) is 7.97. The summed E-state index contributed by atoms with van der Waals surface area (Å²) >= 11 is 0. The topological polar surface area (TPSA) is 71.1 Å². The van der Waals surface area contributed by atoms with Gasteiger partial charge in [0.1, 0.15) is 12.6 Å². The number of rotatable bonds is 6. The number of morpholine rings is 1. The van der Waals surface area contributed by atoms with Gasteiger partial charge in [0.15, 0.2) is 0 Å². The molecule has 31 heavy (non-hydrogen) atoms. The first-order valence-electron chi connectivity index (χ1n) is 10.9. The monoisotopic (exact) mass is 423 g/mol. The average molecular weight is 424 g/mol. The minimum atomic E-state index is -0.503. The smallest absolute Gasteiger partial charge is 0.410 e. The van der Waals surface area contributed by atoms with Crippen LogP contribution < -0.4 is 5.32 Å². The number of benzene rings is 2. The van der Waals surface area contributed by atoms with Crippen molar-refractivity contribution in [3.8, 4) is 0 Å². The highest BCUT2D eigenvalue weighted by atomic mass is 16.6. The van der Waals surface area contributed by atoms with E-state index in [-0.39, 0.29) is 12.5 Å². The Kier molecular flexibility index (Phi) is 7.17. The van der Waals surface area contributed by atoms with Gasteiger partial charge in [-0.05, 0) is 36.1 Å². The van der Waals surface area contributed by atoms with E-state index in [9.17, 15) is 9.59 Å². The lowest BCUT2D eigenvalue weighted by Gasteiger charge is -2.26. The van der Waals surface area contributed by atoms with Gasteiger partial charge in [-0.1, -0.05) is 42.5 Å². The molecule has 0 saturated carbocycles. The first-order valence-corrected chi connectivity index (χ1v) is 10.9. The van der Waals surface area contributed by atoms with Crippen molar-refractivity contribution in [3.63, 3.8) is 0 Å². The summed E-state index contributed by atoms with van der Waals surface area (Å²) in [5.41, 5.74) is 2.86. The van der Waals surface area contributed by atoms with Crippen LogP contribution in [0, 0.1) is 0 Å².